The predicted molar refractivity (Wildman–Crippen MR) is 111 cm³/mol. The molecule has 0 spiro atoms. The number of hydrogen-bond acceptors (Lipinski definition) is 3. The molecule has 0 bridgehead atoms. The molecule has 2 aliphatic heterocycles. The molecule has 0 aromatic rings. The second kappa shape index (κ2) is 7.30. The Kier molecular flexibility index (Phi) is 5.26. The zero-order valence-electron chi connectivity index (χ0n) is 18.3. The fourth-order valence-electron chi connectivity index (χ4n) is 6.09. The summed E-state index contributed by atoms with van der Waals surface area (Å²) in [5.41, 5.74) is 0.357. The Morgan fingerprint density at radius 2 is 1.64 bits per heavy atom. The first-order valence-corrected chi connectivity index (χ1v) is 11.5. The van der Waals surface area contributed by atoms with Crippen molar-refractivity contribution < 1.29 is 9.59 Å². The molecule has 4 aliphatic rings. The summed E-state index contributed by atoms with van der Waals surface area (Å²) >= 11 is 0. The maximum atomic E-state index is 13.0. The van der Waals surface area contributed by atoms with Crippen LogP contribution in [0.3, 0.4) is 0 Å². The molecule has 2 amide bonds. The number of carbonyl (C=O) groups is 2. The van der Waals surface area contributed by atoms with Crippen molar-refractivity contribution >= 4 is 11.8 Å². The Bertz CT molecular complexity index is 619. The van der Waals surface area contributed by atoms with E-state index in [1.165, 1.54) is 0 Å². The van der Waals surface area contributed by atoms with Crippen molar-refractivity contribution in [3.63, 3.8) is 0 Å². The van der Waals surface area contributed by atoms with Gasteiger partial charge in [0.15, 0.2) is 0 Å². The van der Waals surface area contributed by atoms with Gasteiger partial charge in [0.25, 0.3) is 0 Å². The van der Waals surface area contributed by atoms with E-state index in [2.05, 4.69) is 42.9 Å². The van der Waals surface area contributed by atoms with Crippen molar-refractivity contribution in [2.24, 2.45) is 23.2 Å². The minimum absolute atomic E-state index is 0.0415. The van der Waals surface area contributed by atoms with Crippen LogP contribution in [0.1, 0.15) is 72.1 Å². The highest BCUT2D eigenvalue weighted by Crippen LogP contribution is 2.48. The van der Waals surface area contributed by atoms with Crippen LogP contribution in [0.15, 0.2) is 0 Å². The van der Waals surface area contributed by atoms with Gasteiger partial charge in [0.05, 0.1) is 5.92 Å². The van der Waals surface area contributed by atoms with Crippen LogP contribution >= 0.6 is 0 Å². The zero-order valence-corrected chi connectivity index (χ0v) is 18.3. The van der Waals surface area contributed by atoms with Gasteiger partial charge >= 0.3 is 0 Å². The summed E-state index contributed by atoms with van der Waals surface area (Å²) in [6.45, 7) is 9.50. The number of piperidine rings is 1. The van der Waals surface area contributed by atoms with Crippen LogP contribution in [0, 0.1) is 23.2 Å². The monoisotopic (exact) mass is 389 g/mol. The molecule has 2 aliphatic carbocycles. The average molecular weight is 390 g/mol. The number of carbonyl (C=O) groups excluding carboxylic acids is 2. The molecule has 5 nitrogen and oxygen atoms in total. The summed E-state index contributed by atoms with van der Waals surface area (Å²) in [7, 11) is 2.12. The quantitative estimate of drug-likeness (QED) is 0.804. The summed E-state index contributed by atoms with van der Waals surface area (Å²) in [4.78, 5) is 30.2. The molecule has 28 heavy (non-hydrogen) atoms. The smallest absolute Gasteiger partial charge is 0.227 e. The highest BCUT2D eigenvalue weighted by molar-refractivity contribution is 5.81. The molecule has 3 atom stereocenters. The van der Waals surface area contributed by atoms with E-state index in [4.69, 9.17) is 0 Å². The Hall–Kier alpha value is -1.10. The van der Waals surface area contributed by atoms with Crippen molar-refractivity contribution in [3.8, 4) is 0 Å². The van der Waals surface area contributed by atoms with Crippen molar-refractivity contribution in [2.75, 3.05) is 26.7 Å². The molecule has 1 unspecified atom stereocenters. The molecule has 5 heteroatoms. The molecule has 0 aromatic heterocycles. The minimum atomic E-state index is 0.0415. The largest absolute Gasteiger partial charge is 0.350 e. The fraction of sp³-hybridized carbons (Fsp3) is 0.913. The summed E-state index contributed by atoms with van der Waals surface area (Å²) < 4.78 is 0. The third kappa shape index (κ3) is 3.83. The van der Waals surface area contributed by atoms with Gasteiger partial charge in [-0.2, -0.15) is 0 Å². The number of rotatable bonds is 4. The number of likely N-dealkylation sites (tertiary alicyclic amines) is 2. The van der Waals surface area contributed by atoms with Gasteiger partial charge in [-0.3, -0.25) is 9.59 Å². The number of nitrogens with one attached hydrogen (secondary N) is 1. The predicted octanol–water partition coefficient (Wildman–Crippen LogP) is 3.04. The summed E-state index contributed by atoms with van der Waals surface area (Å²) in [5, 5.41) is 3.48. The molecule has 2 saturated carbocycles. The molecular formula is C23H39N3O2. The number of amides is 2. The second-order valence-electron chi connectivity index (χ2n) is 11.0. The summed E-state index contributed by atoms with van der Waals surface area (Å²) in [5.74, 6) is 1.57. The van der Waals surface area contributed by atoms with Crippen molar-refractivity contribution in [1.29, 1.82) is 0 Å². The number of nitrogens with zero attached hydrogens (tertiary/aromatic N) is 2. The van der Waals surface area contributed by atoms with E-state index in [9.17, 15) is 9.59 Å². The molecule has 1 N–H and O–H groups in total. The lowest BCUT2D eigenvalue weighted by Gasteiger charge is -2.38. The second-order valence-corrected chi connectivity index (χ2v) is 11.0. The summed E-state index contributed by atoms with van der Waals surface area (Å²) in [6, 6.07) is 0.356. The van der Waals surface area contributed by atoms with Gasteiger partial charge in [-0.05, 0) is 83.2 Å². The van der Waals surface area contributed by atoms with Gasteiger partial charge in [0, 0.05) is 30.6 Å². The van der Waals surface area contributed by atoms with Gasteiger partial charge in [0.1, 0.15) is 0 Å². The highest BCUT2D eigenvalue weighted by atomic mass is 16.2. The third-order valence-electron chi connectivity index (χ3n) is 8.48. The van der Waals surface area contributed by atoms with E-state index in [1.54, 1.807) is 0 Å². The van der Waals surface area contributed by atoms with Gasteiger partial charge in [-0.15, -0.1) is 0 Å². The van der Waals surface area contributed by atoms with Crippen LogP contribution in [0.25, 0.3) is 0 Å². The van der Waals surface area contributed by atoms with E-state index in [1.807, 2.05) is 0 Å². The van der Waals surface area contributed by atoms with Crippen LogP contribution in [0.2, 0.25) is 0 Å². The van der Waals surface area contributed by atoms with Crippen LogP contribution in [-0.4, -0.2) is 59.9 Å². The van der Waals surface area contributed by atoms with Crippen molar-refractivity contribution in [2.45, 2.75) is 83.7 Å². The maximum Gasteiger partial charge on any atom is 0.227 e. The minimum Gasteiger partial charge on any atom is -0.350 e. The lowest BCUT2D eigenvalue weighted by atomic mass is 9.85. The Morgan fingerprint density at radius 1 is 0.964 bits per heavy atom. The third-order valence-corrected chi connectivity index (χ3v) is 8.48. The Morgan fingerprint density at radius 3 is 2.14 bits per heavy atom. The van der Waals surface area contributed by atoms with Gasteiger partial charge in [0.2, 0.25) is 11.8 Å². The van der Waals surface area contributed by atoms with Crippen LogP contribution in [0.5, 0.6) is 0 Å². The van der Waals surface area contributed by atoms with Gasteiger partial charge < -0.3 is 15.1 Å². The molecular weight excluding hydrogens is 350 g/mol. The topological polar surface area (TPSA) is 52.7 Å². The normalized spacial score (nSPS) is 35.1. The van der Waals surface area contributed by atoms with E-state index in [0.717, 1.165) is 71.0 Å². The molecule has 2 saturated heterocycles. The standard InChI is InChI=1S/C23H39N3O2/c1-16-19(8-12-25(16)4)21(28)26-13-6-18(7-14-26)23(10-11-23)24-20(27)17-5-9-22(2,3)15-17/h16-19H,5-15H2,1-4H3,(H,24,27)/t16-,17?,19-/m1/s1. The molecule has 2 heterocycles. The lowest BCUT2D eigenvalue weighted by molar-refractivity contribution is -0.138. The summed E-state index contributed by atoms with van der Waals surface area (Å²) in [6.07, 6.45) is 8.54. The molecule has 4 rings (SSSR count). The van der Waals surface area contributed by atoms with Gasteiger partial charge in [-0.1, -0.05) is 13.8 Å². The van der Waals surface area contributed by atoms with Crippen LogP contribution < -0.4 is 5.32 Å². The van der Waals surface area contributed by atoms with Gasteiger partial charge in [-0.25, -0.2) is 0 Å². The SMILES string of the molecule is C[C@@H]1[C@H](C(=O)N2CCC(C3(NC(=O)C4CCC(C)(C)C4)CC3)CC2)CCN1C. The van der Waals surface area contributed by atoms with E-state index in [-0.39, 0.29) is 17.4 Å². The van der Waals surface area contributed by atoms with E-state index in [0.29, 0.717) is 29.2 Å². The molecule has 4 fully saturated rings. The van der Waals surface area contributed by atoms with Crippen LogP contribution in [0.4, 0.5) is 0 Å². The van der Waals surface area contributed by atoms with Crippen LogP contribution in [-0.2, 0) is 9.59 Å². The lowest BCUT2D eigenvalue weighted by Crippen LogP contribution is -2.51. The molecule has 158 valence electrons. The fourth-order valence-corrected chi connectivity index (χ4v) is 6.09. The van der Waals surface area contributed by atoms with Crippen molar-refractivity contribution in [1.82, 2.24) is 15.1 Å². The van der Waals surface area contributed by atoms with E-state index >= 15 is 0 Å². The Balaban J connectivity index is 1.29. The molecule has 0 radical (unpaired) electrons. The average Bonchev–Trinajstić information content (AvgIpc) is 3.24. The first kappa shape index (κ1) is 20.2. The van der Waals surface area contributed by atoms with Crippen molar-refractivity contribution in [3.05, 3.63) is 0 Å². The maximum absolute atomic E-state index is 13.0. The zero-order chi connectivity index (χ0) is 20.1. The Labute approximate surface area is 170 Å². The first-order chi connectivity index (χ1) is 13.2. The number of hydrogen-bond donors (Lipinski definition) is 1. The highest BCUT2D eigenvalue weighted by Gasteiger charge is 2.52. The first-order valence-electron chi connectivity index (χ1n) is 11.5. The molecule has 0 aromatic carbocycles. The van der Waals surface area contributed by atoms with E-state index < -0.39 is 0 Å².